The molecule has 1 heterocycles. The fourth-order valence-electron chi connectivity index (χ4n) is 2.54. The van der Waals surface area contributed by atoms with E-state index in [1.807, 2.05) is 31.3 Å². The van der Waals surface area contributed by atoms with Crippen molar-refractivity contribution in [2.45, 2.75) is 43.1 Å². The molecule has 5 nitrogen and oxygen atoms in total. The minimum absolute atomic E-state index is 0.00170. The molecule has 1 saturated carbocycles. The Morgan fingerprint density at radius 2 is 2.15 bits per heavy atom. The average molecular weight is 391 g/mol. The van der Waals surface area contributed by atoms with Crippen LogP contribution < -0.4 is 10.2 Å². The molecule has 1 fully saturated rings. The first-order valence-electron chi connectivity index (χ1n) is 8.83. The van der Waals surface area contributed by atoms with Gasteiger partial charge in [0.2, 0.25) is 0 Å². The van der Waals surface area contributed by atoms with E-state index in [1.54, 1.807) is 6.07 Å². The standard InChI is InChI=1S/C19H23ClN4OS/c1-3-9-24(2)17-11-16(20)22-19(23-17)26-12-13-5-4-6-14(10-13)18(25)21-15-7-8-15/h4-6,10-11,15H,3,7-9,12H2,1-2H3,(H,21,25). The molecule has 0 bridgehead atoms. The van der Waals surface area contributed by atoms with Crippen molar-refractivity contribution >= 4 is 35.1 Å². The Balaban J connectivity index is 1.65. The number of aromatic nitrogens is 2. The molecule has 1 N–H and O–H groups in total. The van der Waals surface area contributed by atoms with Gasteiger partial charge in [0.25, 0.3) is 5.91 Å². The van der Waals surface area contributed by atoms with E-state index in [-0.39, 0.29) is 5.91 Å². The van der Waals surface area contributed by atoms with Gasteiger partial charge < -0.3 is 10.2 Å². The first kappa shape index (κ1) is 19.0. The first-order valence-corrected chi connectivity index (χ1v) is 10.2. The summed E-state index contributed by atoms with van der Waals surface area (Å²) in [5.74, 6) is 1.51. The number of halogens is 1. The molecule has 1 aromatic heterocycles. The summed E-state index contributed by atoms with van der Waals surface area (Å²) in [5.41, 5.74) is 1.76. The lowest BCUT2D eigenvalue weighted by Crippen LogP contribution is -2.25. The number of thioether (sulfide) groups is 1. The number of amides is 1. The van der Waals surface area contributed by atoms with Crippen molar-refractivity contribution in [1.82, 2.24) is 15.3 Å². The van der Waals surface area contributed by atoms with Crippen molar-refractivity contribution in [3.8, 4) is 0 Å². The molecule has 0 aliphatic heterocycles. The Hall–Kier alpha value is -1.79. The normalized spacial score (nSPS) is 13.5. The van der Waals surface area contributed by atoms with Gasteiger partial charge in [-0.3, -0.25) is 4.79 Å². The van der Waals surface area contributed by atoms with Gasteiger partial charge in [-0.05, 0) is 37.0 Å². The second-order valence-electron chi connectivity index (χ2n) is 6.49. The highest BCUT2D eigenvalue weighted by Gasteiger charge is 2.23. The van der Waals surface area contributed by atoms with Gasteiger partial charge in [0.05, 0.1) is 0 Å². The molecule has 138 valence electrons. The van der Waals surface area contributed by atoms with Crippen LogP contribution in [0.3, 0.4) is 0 Å². The third kappa shape index (κ3) is 5.35. The van der Waals surface area contributed by atoms with E-state index >= 15 is 0 Å². The average Bonchev–Trinajstić information content (AvgIpc) is 3.44. The first-order chi connectivity index (χ1) is 12.5. The summed E-state index contributed by atoms with van der Waals surface area (Å²) in [4.78, 5) is 23.1. The van der Waals surface area contributed by atoms with Gasteiger partial charge in [-0.25, -0.2) is 9.97 Å². The van der Waals surface area contributed by atoms with Gasteiger partial charge >= 0.3 is 0 Å². The van der Waals surface area contributed by atoms with Gasteiger partial charge in [-0.2, -0.15) is 0 Å². The maximum Gasteiger partial charge on any atom is 0.251 e. The van der Waals surface area contributed by atoms with Crippen LogP contribution in [0.4, 0.5) is 5.82 Å². The number of rotatable bonds is 8. The summed E-state index contributed by atoms with van der Waals surface area (Å²) in [6.07, 6.45) is 3.21. The molecular weight excluding hydrogens is 368 g/mol. The minimum atomic E-state index is 0.00170. The molecule has 3 rings (SSSR count). The highest BCUT2D eigenvalue weighted by atomic mass is 35.5. The number of nitrogens with zero attached hydrogens (tertiary/aromatic N) is 3. The molecule has 1 aromatic carbocycles. The van der Waals surface area contributed by atoms with Crippen LogP contribution in [0.5, 0.6) is 0 Å². The Morgan fingerprint density at radius 1 is 1.35 bits per heavy atom. The van der Waals surface area contributed by atoms with E-state index in [0.29, 0.717) is 27.7 Å². The van der Waals surface area contributed by atoms with Crippen LogP contribution in [0, 0.1) is 0 Å². The second kappa shape index (κ2) is 8.73. The predicted molar refractivity (Wildman–Crippen MR) is 107 cm³/mol. The maximum absolute atomic E-state index is 12.2. The number of benzene rings is 1. The molecule has 7 heteroatoms. The highest BCUT2D eigenvalue weighted by Crippen LogP contribution is 2.25. The van der Waals surface area contributed by atoms with Crippen LogP contribution in [-0.4, -0.2) is 35.5 Å². The van der Waals surface area contributed by atoms with Gasteiger partial charge in [0, 0.05) is 37.0 Å². The summed E-state index contributed by atoms with van der Waals surface area (Å²) in [6, 6.07) is 9.84. The Labute approximate surface area is 163 Å². The summed E-state index contributed by atoms with van der Waals surface area (Å²) in [7, 11) is 2.00. The molecule has 0 radical (unpaired) electrons. The third-order valence-corrected chi connectivity index (χ3v) is 5.19. The monoisotopic (exact) mass is 390 g/mol. The van der Waals surface area contributed by atoms with Gasteiger partial charge in [-0.15, -0.1) is 0 Å². The van der Waals surface area contributed by atoms with E-state index in [1.165, 1.54) is 11.8 Å². The molecule has 0 atom stereocenters. The SMILES string of the molecule is CCCN(C)c1cc(Cl)nc(SCc2cccc(C(=O)NC3CC3)c2)n1. The molecule has 0 spiro atoms. The fourth-order valence-corrected chi connectivity index (χ4v) is 3.57. The number of nitrogens with one attached hydrogen (secondary N) is 1. The molecule has 0 unspecified atom stereocenters. The van der Waals surface area contributed by atoms with E-state index in [4.69, 9.17) is 11.6 Å². The summed E-state index contributed by atoms with van der Waals surface area (Å²) in [5, 5.41) is 4.10. The predicted octanol–water partition coefficient (Wildman–Crippen LogP) is 4.16. The Morgan fingerprint density at radius 3 is 2.88 bits per heavy atom. The number of carbonyl (C=O) groups is 1. The summed E-state index contributed by atoms with van der Waals surface area (Å²) >= 11 is 7.67. The molecule has 1 aliphatic carbocycles. The number of hydrogen-bond donors (Lipinski definition) is 1. The van der Waals surface area contributed by atoms with Crippen molar-refractivity contribution in [3.05, 3.63) is 46.6 Å². The van der Waals surface area contributed by atoms with E-state index < -0.39 is 0 Å². The quantitative estimate of drug-likeness (QED) is 0.416. The van der Waals surface area contributed by atoms with E-state index in [2.05, 4.69) is 27.1 Å². The van der Waals surface area contributed by atoms with Crippen molar-refractivity contribution in [1.29, 1.82) is 0 Å². The largest absolute Gasteiger partial charge is 0.360 e. The third-order valence-electron chi connectivity index (χ3n) is 4.08. The van der Waals surface area contributed by atoms with Crippen molar-refractivity contribution < 1.29 is 4.79 Å². The Kier molecular flexibility index (Phi) is 6.38. The maximum atomic E-state index is 12.2. The summed E-state index contributed by atoms with van der Waals surface area (Å²) in [6.45, 7) is 3.04. The lowest BCUT2D eigenvalue weighted by molar-refractivity contribution is 0.0951. The van der Waals surface area contributed by atoms with Crippen LogP contribution in [0.1, 0.15) is 42.1 Å². The zero-order valence-corrected chi connectivity index (χ0v) is 16.6. The van der Waals surface area contributed by atoms with Crippen LogP contribution in [0.25, 0.3) is 0 Å². The van der Waals surface area contributed by atoms with E-state index in [0.717, 1.165) is 37.2 Å². The zero-order chi connectivity index (χ0) is 18.5. The van der Waals surface area contributed by atoms with Crippen molar-refractivity contribution in [2.24, 2.45) is 0 Å². The van der Waals surface area contributed by atoms with Crippen LogP contribution in [-0.2, 0) is 5.75 Å². The molecule has 26 heavy (non-hydrogen) atoms. The van der Waals surface area contributed by atoms with Crippen LogP contribution >= 0.6 is 23.4 Å². The lowest BCUT2D eigenvalue weighted by atomic mass is 10.1. The molecular formula is C19H23ClN4OS. The smallest absolute Gasteiger partial charge is 0.251 e. The van der Waals surface area contributed by atoms with Gasteiger partial charge in [0.15, 0.2) is 5.16 Å². The molecule has 1 amide bonds. The Bertz CT molecular complexity index is 782. The number of anilines is 1. The van der Waals surface area contributed by atoms with Crippen LogP contribution in [0.15, 0.2) is 35.5 Å². The molecule has 0 saturated heterocycles. The van der Waals surface area contributed by atoms with Crippen LogP contribution in [0.2, 0.25) is 5.15 Å². The number of carbonyl (C=O) groups excluding carboxylic acids is 1. The van der Waals surface area contributed by atoms with E-state index in [9.17, 15) is 4.79 Å². The summed E-state index contributed by atoms with van der Waals surface area (Å²) < 4.78 is 0. The van der Waals surface area contributed by atoms with Crippen molar-refractivity contribution in [2.75, 3.05) is 18.5 Å². The molecule has 2 aromatic rings. The number of hydrogen-bond acceptors (Lipinski definition) is 5. The topological polar surface area (TPSA) is 58.1 Å². The van der Waals surface area contributed by atoms with Gasteiger partial charge in [0.1, 0.15) is 11.0 Å². The highest BCUT2D eigenvalue weighted by molar-refractivity contribution is 7.98. The minimum Gasteiger partial charge on any atom is -0.360 e. The lowest BCUT2D eigenvalue weighted by Gasteiger charge is -2.17. The van der Waals surface area contributed by atoms with Gasteiger partial charge in [-0.1, -0.05) is 42.4 Å². The second-order valence-corrected chi connectivity index (χ2v) is 7.82. The molecule has 1 aliphatic rings. The fraction of sp³-hybridized carbons (Fsp3) is 0.421. The van der Waals surface area contributed by atoms with Crippen molar-refractivity contribution in [3.63, 3.8) is 0 Å². The zero-order valence-electron chi connectivity index (χ0n) is 15.0.